The van der Waals surface area contributed by atoms with Crippen molar-refractivity contribution in [2.75, 3.05) is 18.9 Å². The number of fused-ring (bicyclic) bond motifs is 1. The van der Waals surface area contributed by atoms with Gasteiger partial charge >= 0.3 is 0 Å². The van der Waals surface area contributed by atoms with E-state index in [4.69, 9.17) is 15.2 Å². The molecule has 1 aromatic heterocycles. The van der Waals surface area contributed by atoms with E-state index in [2.05, 4.69) is 13.8 Å². The Bertz CT molecular complexity index is 911. The Balaban J connectivity index is 2.43. The summed E-state index contributed by atoms with van der Waals surface area (Å²) in [5.74, 6) is 0.839. The van der Waals surface area contributed by atoms with E-state index in [0.717, 1.165) is 36.6 Å². The quantitative estimate of drug-likeness (QED) is 0.213. The Kier molecular flexibility index (Phi) is 10.5. The van der Waals surface area contributed by atoms with Gasteiger partial charge in [-0.3, -0.25) is 4.79 Å². The van der Waals surface area contributed by atoms with Gasteiger partial charge in [0, 0.05) is 17.6 Å². The summed E-state index contributed by atoms with van der Waals surface area (Å²) in [4.78, 5) is 13.5. The number of nitrogens with two attached hydrogens (primary N) is 1. The van der Waals surface area contributed by atoms with Gasteiger partial charge in [-0.1, -0.05) is 57.9 Å². The van der Waals surface area contributed by atoms with Crippen LogP contribution >= 0.6 is 0 Å². The van der Waals surface area contributed by atoms with Crippen molar-refractivity contribution in [2.45, 2.75) is 85.6 Å². The van der Waals surface area contributed by atoms with Crippen molar-refractivity contribution in [3.63, 3.8) is 0 Å². The van der Waals surface area contributed by atoms with Crippen molar-refractivity contribution >= 4 is 16.6 Å². The number of rotatable bonds is 14. The second-order valence-electron chi connectivity index (χ2n) is 8.45. The molecule has 172 valence electrons. The van der Waals surface area contributed by atoms with Crippen molar-refractivity contribution in [3.05, 3.63) is 40.2 Å². The average Bonchev–Trinajstić information content (AvgIpc) is 2.73. The van der Waals surface area contributed by atoms with Gasteiger partial charge in [-0.05, 0) is 51.0 Å². The number of allylic oxidation sites excluding steroid dienone is 1. The van der Waals surface area contributed by atoms with Crippen LogP contribution < -0.4 is 20.8 Å². The number of unbranched alkanes of at least 4 members (excludes halogenated alkanes) is 6. The van der Waals surface area contributed by atoms with Gasteiger partial charge in [-0.2, -0.15) is 0 Å². The lowest BCUT2D eigenvalue weighted by molar-refractivity contribution is 0.274. The summed E-state index contributed by atoms with van der Waals surface area (Å²) in [5.41, 5.74) is 8.57. The van der Waals surface area contributed by atoms with E-state index >= 15 is 0 Å². The van der Waals surface area contributed by atoms with E-state index in [9.17, 15) is 4.79 Å². The SMILES string of the molecule is CCCCCCCCn1c(=O)c(OCCCC)c(OCC=C(C)C)c2ccc(N)cc21. The number of nitrogen functional groups attached to an aromatic ring is 1. The molecule has 1 heterocycles. The highest BCUT2D eigenvalue weighted by atomic mass is 16.5. The van der Waals surface area contributed by atoms with Crippen LogP contribution in [0.3, 0.4) is 0 Å². The van der Waals surface area contributed by atoms with Crippen molar-refractivity contribution in [1.29, 1.82) is 0 Å². The second-order valence-corrected chi connectivity index (χ2v) is 8.45. The highest BCUT2D eigenvalue weighted by Crippen LogP contribution is 2.34. The largest absolute Gasteiger partial charge is 0.485 e. The van der Waals surface area contributed by atoms with Crippen LogP contribution in [0.15, 0.2) is 34.6 Å². The van der Waals surface area contributed by atoms with Crippen molar-refractivity contribution < 1.29 is 9.47 Å². The normalized spacial score (nSPS) is 11.0. The Labute approximate surface area is 187 Å². The van der Waals surface area contributed by atoms with Gasteiger partial charge in [-0.15, -0.1) is 0 Å². The first-order chi connectivity index (χ1) is 15.0. The van der Waals surface area contributed by atoms with Crippen molar-refractivity contribution in [3.8, 4) is 11.5 Å². The van der Waals surface area contributed by atoms with E-state index < -0.39 is 0 Å². The topological polar surface area (TPSA) is 66.5 Å². The number of hydrogen-bond acceptors (Lipinski definition) is 4. The molecule has 0 saturated heterocycles. The first kappa shape index (κ1) is 24.8. The minimum Gasteiger partial charge on any atom is -0.485 e. The number of nitrogens with zero attached hydrogens (tertiary/aromatic N) is 1. The first-order valence-corrected chi connectivity index (χ1v) is 11.8. The standard InChI is InChI=1S/C26H40N2O3/c1-5-7-9-10-11-12-16-28-23-19-21(27)13-14-22(23)24(31-18-15-20(3)4)25(26(28)29)30-17-8-6-2/h13-15,19H,5-12,16-18,27H2,1-4H3. The maximum atomic E-state index is 13.5. The molecule has 0 radical (unpaired) electrons. The molecule has 0 atom stereocenters. The molecule has 0 fully saturated rings. The minimum atomic E-state index is -0.130. The van der Waals surface area contributed by atoms with Gasteiger partial charge in [0.05, 0.1) is 12.1 Å². The van der Waals surface area contributed by atoms with Crippen molar-refractivity contribution in [2.24, 2.45) is 0 Å². The molecule has 0 unspecified atom stereocenters. The molecule has 0 bridgehead atoms. The molecule has 0 aliphatic carbocycles. The summed E-state index contributed by atoms with van der Waals surface area (Å²) in [7, 11) is 0. The fourth-order valence-electron chi connectivity index (χ4n) is 3.57. The van der Waals surface area contributed by atoms with Crippen LogP contribution in [0.25, 0.3) is 10.9 Å². The Morgan fingerprint density at radius 1 is 0.968 bits per heavy atom. The van der Waals surface area contributed by atoms with Crippen LogP contribution in [-0.2, 0) is 6.54 Å². The fraction of sp³-hybridized carbons (Fsp3) is 0.577. The third kappa shape index (κ3) is 7.34. The molecule has 0 spiro atoms. The maximum Gasteiger partial charge on any atom is 0.297 e. The lowest BCUT2D eigenvalue weighted by Gasteiger charge is -2.19. The summed E-state index contributed by atoms with van der Waals surface area (Å²) >= 11 is 0. The number of ether oxygens (including phenoxy) is 2. The molecule has 0 amide bonds. The molecule has 5 heteroatoms. The van der Waals surface area contributed by atoms with E-state index in [1.165, 1.54) is 31.3 Å². The number of anilines is 1. The zero-order chi connectivity index (χ0) is 22.6. The maximum absolute atomic E-state index is 13.5. The minimum absolute atomic E-state index is 0.130. The van der Waals surface area contributed by atoms with Crippen LogP contribution in [0.2, 0.25) is 0 Å². The predicted octanol–water partition coefficient (Wildman–Crippen LogP) is 6.47. The van der Waals surface area contributed by atoms with E-state index in [-0.39, 0.29) is 5.56 Å². The van der Waals surface area contributed by atoms with E-state index in [0.29, 0.717) is 36.9 Å². The van der Waals surface area contributed by atoms with E-state index in [1.807, 2.05) is 42.7 Å². The molecule has 1 aromatic carbocycles. The zero-order valence-electron chi connectivity index (χ0n) is 19.8. The molecular weight excluding hydrogens is 388 g/mol. The molecule has 0 aliphatic rings. The monoisotopic (exact) mass is 428 g/mol. The van der Waals surface area contributed by atoms with Gasteiger partial charge in [0.2, 0.25) is 5.75 Å². The predicted molar refractivity (Wildman–Crippen MR) is 131 cm³/mol. The summed E-state index contributed by atoms with van der Waals surface area (Å²) in [6.07, 6.45) is 10.9. The smallest absolute Gasteiger partial charge is 0.297 e. The first-order valence-electron chi connectivity index (χ1n) is 11.8. The molecule has 2 rings (SSSR count). The highest BCUT2D eigenvalue weighted by Gasteiger charge is 2.20. The number of aromatic nitrogens is 1. The number of hydrogen-bond donors (Lipinski definition) is 1. The molecule has 2 aromatic rings. The van der Waals surface area contributed by atoms with E-state index in [1.54, 1.807) is 0 Å². The molecule has 0 saturated carbocycles. The number of aryl methyl sites for hydroxylation is 1. The number of pyridine rings is 1. The van der Waals surface area contributed by atoms with Crippen LogP contribution in [0.5, 0.6) is 11.5 Å². The van der Waals surface area contributed by atoms with Gasteiger partial charge in [0.25, 0.3) is 5.56 Å². The number of benzene rings is 1. The lowest BCUT2D eigenvalue weighted by atomic mass is 10.1. The second kappa shape index (κ2) is 13.1. The molecule has 31 heavy (non-hydrogen) atoms. The van der Waals surface area contributed by atoms with Crippen LogP contribution in [-0.4, -0.2) is 17.8 Å². The Morgan fingerprint density at radius 3 is 2.39 bits per heavy atom. The summed E-state index contributed by atoms with van der Waals surface area (Å²) in [5, 5.41) is 0.869. The summed E-state index contributed by atoms with van der Waals surface area (Å²) < 4.78 is 13.9. The van der Waals surface area contributed by atoms with Crippen LogP contribution in [0.1, 0.15) is 79.1 Å². The average molecular weight is 429 g/mol. The van der Waals surface area contributed by atoms with Crippen LogP contribution in [0, 0.1) is 0 Å². The van der Waals surface area contributed by atoms with Gasteiger partial charge < -0.3 is 19.8 Å². The molecule has 0 aliphatic heterocycles. The van der Waals surface area contributed by atoms with Gasteiger partial charge in [-0.25, -0.2) is 0 Å². The van der Waals surface area contributed by atoms with Crippen molar-refractivity contribution in [1.82, 2.24) is 4.57 Å². The molecule has 2 N–H and O–H groups in total. The molecular formula is C26H40N2O3. The summed E-state index contributed by atoms with van der Waals surface area (Å²) in [6, 6.07) is 5.66. The fourth-order valence-corrected chi connectivity index (χ4v) is 3.57. The van der Waals surface area contributed by atoms with Gasteiger partial charge in [0.15, 0.2) is 5.75 Å². The third-order valence-corrected chi connectivity index (χ3v) is 5.40. The Hall–Kier alpha value is -2.43. The third-order valence-electron chi connectivity index (χ3n) is 5.40. The molecule has 5 nitrogen and oxygen atoms in total. The zero-order valence-corrected chi connectivity index (χ0v) is 19.8. The Morgan fingerprint density at radius 2 is 1.68 bits per heavy atom. The summed E-state index contributed by atoms with van der Waals surface area (Å²) in [6.45, 7) is 9.93. The van der Waals surface area contributed by atoms with Crippen LogP contribution in [0.4, 0.5) is 5.69 Å². The highest BCUT2D eigenvalue weighted by molar-refractivity contribution is 5.90. The lowest BCUT2D eigenvalue weighted by Crippen LogP contribution is -2.24. The van der Waals surface area contributed by atoms with Gasteiger partial charge in [0.1, 0.15) is 6.61 Å².